The summed E-state index contributed by atoms with van der Waals surface area (Å²) in [5, 5.41) is 28.5. The molecule has 3 amide bonds. The molecule has 8 N–H and O–H groups in total. The minimum Gasteiger partial charge on any atom is -0.370 e. The molecule has 3 unspecified atom stereocenters. The molecule has 4 atom stereocenters. The first-order valence-corrected chi connectivity index (χ1v) is 11.5. The summed E-state index contributed by atoms with van der Waals surface area (Å²) in [5.41, 5.74) is 10.5. The number of hydrogen-bond donors (Lipinski definition) is 6. The van der Waals surface area contributed by atoms with Crippen LogP contribution >= 0.6 is 0 Å². The molecule has 5 rings (SSSR count). The van der Waals surface area contributed by atoms with Crippen LogP contribution in [0, 0.1) is 5.92 Å². The van der Waals surface area contributed by atoms with Crippen molar-refractivity contribution >= 4 is 29.6 Å². The Labute approximate surface area is 190 Å². The molecule has 180 valence electrons. The van der Waals surface area contributed by atoms with E-state index in [1.165, 1.54) is 4.90 Å². The highest BCUT2D eigenvalue weighted by atomic mass is 16.5. The minimum atomic E-state index is -2.52. The summed E-state index contributed by atoms with van der Waals surface area (Å²) in [6.07, 6.45) is 4.78. The zero-order valence-corrected chi connectivity index (χ0v) is 18.2. The summed E-state index contributed by atoms with van der Waals surface area (Å²) in [6, 6.07) is -2.89. The van der Waals surface area contributed by atoms with Gasteiger partial charge in [0.25, 0.3) is 0 Å². The number of nitrogens with zero attached hydrogens (tertiary/aromatic N) is 4. The van der Waals surface area contributed by atoms with Crippen LogP contribution in [0.25, 0.3) is 0 Å². The standard InChI is InChI=1S/C20H30N8O5/c21-17-25-15-11(8-27-13(29)6-7-14(27)30)23-18(22)28-9-12(20(32,33)19(15,28)26-17)24-16(31)10-4-2-1-3-5-10/h10-12,15,32-33H,1-9H2,(H2,22,23)(H,24,31)(H3,21,25,26)/t11-,12?,15?,19?/m0/s1. The van der Waals surface area contributed by atoms with Crippen LogP contribution in [0.2, 0.25) is 0 Å². The van der Waals surface area contributed by atoms with Crippen LogP contribution in [0.3, 0.4) is 0 Å². The van der Waals surface area contributed by atoms with Crippen LogP contribution in [0.4, 0.5) is 0 Å². The first kappa shape index (κ1) is 21.9. The van der Waals surface area contributed by atoms with Crippen LogP contribution in [0.5, 0.6) is 0 Å². The molecule has 3 fully saturated rings. The van der Waals surface area contributed by atoms with Crippen molar-refractivity contribution in [1.82, 2.24) is 20.4 Å². The van der Waals surface area contributed by atoms with E-state index in [2.05, 4.69) is 20.6 Å². The molecular formula is C20H30N8O5. The maximum atomic E-state index is 12.9. The number of rotatable bonds is 4. The highest BCUT2D eigenvalue weighted by Crippen LogP contribution is 2.45. The Kier molecular flexibility index (Phi) is 5.01. The van der Waals surface area contributed by atoms with Gasteiger partial charge in [0.05, 0.1) is 12.6 Å². The zero-order chi connectivity index (χ0) is 23.5. The number of imide groups is 1. The van der Waals surface area contributed by atoms with E-state index < -0.39 is 29.6 Å². The number of hydrogen-bond acceptors (Lipinski definition) is 11. The van der Waals surface area contributed by atoms with Crippen LogP contribution in [0.15, 0.2) is 9.98 Å². The van der Waals surface area contributed by atoms with E-state index in [9.17, 15) is 24.6 Å². The summed E-state index contributed by atoms with van der Waals surface area (Å²) in [4.78, 5) is 48.6. The van der Waals surface area contributed by atoms with Gasteiger partial charge in [-0.1, -0.05) is 19.3 Å². The fourth-order valence-corrected chi connectivity index (χ4v) is 5.90. The van der Waals surface area contributed by atoms with Gasteiger partial charge in [-0.25, -0.2) is 9.98 Å². The number of nitrogens with two attached hydrogens (primary N) is 2. The number of carbonyl (C=O) groups excluding carboxylic acids is 3. The van der Waals surface area contributed by atoms with Crippen molar-refractivity contribution in [3.05, 3.63) is 0 Å². The zero-order valence-electron chi connectivity index (χ0n) is 18.2. The molecule has 5 aliphatic rings. The van der Waals surface area contributed by atoms with Crippen molar-refractivity contribution in [2.45, 2.75) is 74.5 Å². The lowest BCUT2D eigenvalue weighted by Crippen LogP contribution is -2.78. The van der Waals surface area contributed by atoms with Gasteiger partial charge in [0.2, 0.25) is 23.5 Å². The second-order valence-corrected chi connectivity index (χ2v) is 9.54. The maximum absolute atomic E-state index is 12.9. The fourth-order valence-electron chi connectivity index (χ4n) is 5.90. The van der Waals surface area contributed by atoms with Gasteiger partial charge in [0, 0.05) is 25.3 Å². The molecule has 1 saturated carbocycles. The predicted molar refractivity (Wildman–Crippen MR) is 115 cm³/mol. The molecule has 0 radical (unpaired) electrons. The van der Waals surface area contributed by atoms with Crippen LogP contribution in [-0.4, -0.2) is 92.3 Å². The first-order valence-electron chi connectivity index (χ1n) is 11.5. The number of aliphatic hydroxyl groups is 2. The fraction of sp³-hybridized carbons (Fsp3) is 0.750. The lowest BCUT2D eigenvalue weighted by molar-refractivity contribution is -0.232. The molecular weight excluding hydrogens is 432 g/mol. The number of aliphatic imine (C=N–C) groups is 2. The molecule has 0 bridgehead atoms. The molecule has 0 aromatic heterocycles. The normalized spacial score (nSPS) is 35.6. The Balaban J connectivity index is 1.44. The minimum absolute atomic E-state index is 0.0189. The lowest BCUT2D eigenvalue weighted by Gasteiger charge is -2.49. The van der Waals surface area contributed by atoms with Gasteiger partial charge in [0.1, 0.15) is 12.1 Å². The summed E-state index contributed by atoms with van der Waals surface area (Å²) < 4.78 is 0. The second kappa shape index (κ2) is 7.55. The van der Waals surface area contributed by atoms with Crippen LogP contribution in [0.1, 0.15) is 44.9 Å². The topological polar surface area (TPSA) is 199 Å². The quantitative estimate of drug-likeness (QED) is 0.185. The number of nitrogens with one attached hydrogen (secondary N) is 2. The first-order chi connectivity index (χ1) is 15.6. The molecule has 4 heterocycles. The highest BCUT2D eigenvalue weighted by Gasteiger charge is 2.73. The van der Waals surface area contributed by atoms with Crippen molar-refractivity contribution in [3.8, 4) is 0 Å². The van der Waals surface area contributed by atoms with Crippen LogP contribution < -0.4 is 22.1 Å². The van der Waals surface area contributed by atoms with Crippen molar-refractivity contribution in [1.29, 1.82) is 0 Å². The SMILES string of the molecule is NC1=NC2[C@H](CN3C(=O)CCC3=O)N=C(N)N3CC(NC(=O)C4CCCCC4)C(O)(O)C23N1. The second-order valence-electron chi connectivity index (χ2n) is 9.54. The van der Waals surface area contributed by atoms with Crippen molar-refractivity contribution in [3.63, 3.8) is 0 Å². The van der Waals surface area contributed by atoms with Crippen LogP contribution in [-0.2, 0) is 14.4 Å². The van der Waals surface area contributed by atoms with Gasteiger partial charge in [0.15, 0.2) is 17.6 Å². The van der Waals surface area contributed by atoms with Gasteiger partial charge in [-0.05, 0) is 12.8 Å². The predicted octanol–water partition coefficient (Wildman–Crippen LogP) is -3.12. The summed E-state index contributed by atoms with van der Waals surface area (Å²) in [5.74, 6) is -3.64. The van der Waals surface area contributed by atoms with Crippen molar-refractivity contribution < 1.29 is 24.6 Å². The van der Waals surface area contributed by atoms with Gasteiger partial charge in [-0.2, -0.15) is 0 Å². The summed E-state index contributed by atoms with van der Waals surface area (Å²) >= 11 is 0. The molecule has 2 saturated heterocycles. The van der Waals surface area contributed by atoms with Crippen molar-refractivity contribution in [2.24, 2.45) is 27.4 Å². The lowest BCUT2D eigenvalue weighted by atomic mass is 9.84. The Morgan fingerprint density at radius 1 is 1.12 bits per heavy atom. The highest BCUT2D eigenvalue weighted by molar-refractivity contribution is 6.02. The van der Waals surface area contributed by atoms with E-state index >= 15 is 0 Å². The number of carbonyl (C=O) groups is 3. The van der Waals surface area contributed by atoms with E-state index in [0.717, 1.165) is 37.0 Å². The van der Waals surface area contributed by atoms with Gasteiger partial charge >= 0.3 is 0 Å². The Morgan fingerprint density at radius 2 is 1.79 bits per heavy atom. The van der Waals surface area contributed by atoms with Gasteiger partial charge in [-0.15, -0.1) is 0 Å². The van der Waals surface area contributed by atoms with E-state index in [1.807, 2.05) is 0 Å². The molecule has 0 aromatic carbocycles. The smallest absolute Gasteiger partial charge is 0.231 e. The molecule has 13 nitrogen and oxygen atoms in total. The van der Waals surface area contributed by atoms with E-state index in [-0.39, 0.29) is 61.5 Å². The number of guanidine groups is 2. The monoisotopic (exact) mass is 462 g/mol. The average molecular weight is 463 g/mol. The summed E-state index contributed by atoms with van der Waals surface area (Å²) in [6.45, 7) is -0.131. The maximum Gasteiger partial charge on any atom is 0.231 e. The number of likely N-dealkylation sites (tertiary alicyclic amines) is 1. The molecule has 1 spiro atoms. The molecule has 1 aliphatic carbocycles. The largest absolute Gasteiger partial charge is 0.370 e. The Morgan fingerprint density at radius 3 is 2.45 bits per heavy atom. The third-order valence-corrected chi connectivity index (χ3v) is 7.62. The molecule has 0 aromatic rings. The van der Waals surface area contributed by atoms with E-state index in [4.69, 9.17) is 11.5 Å². The van der Waals surface area contributed by atoms with Gasteiger partial charge in [-0.3, -0.25) is 19.3 Å². The van der Waals surface area contributed by atoms with E-state index in [0.29, 0.717) is 0 Å². The number of amides is 3. The Bertz CT molecular complexity index is 929. The van der Waals surface area contributed by atoms with E-state index in [1.54, 1.807) is 0 Å². The van der Waals surface area contributed by atoms with Gasteiger partial charge < -0.3 is 37.2 Å². The molecule has 13 heteroatoms. The molecule has 33 heavy (non-hydrogen) atoms. The summed E-state index contributed by atoms with van der Waals surface area (Å²) in [7, 11) is 0. The third kappa shape index (κ3) is 3.16. The third-order valence-electron chi connectivity index (χ3n) is 7.62. The van der Waals surface area contributed by atoms with Crippen molar-refractivity contribution in [2.75, 3.05) is 13.1 Å². The average Bonchev–Trinajstić information content (AvgIpc) is 3.37. The Hall–Kier alpha value is -2.93. The molecule has 4 aliphatic heterocycles.